The molecule has 0 aromatic heterocycles. The first kappa shape index (κ1) is 8.95. The van der Waals surface area contributed by atoms with Gasteiger partial charge in [0.05, 0.1) is 7.11 Å². The van der Waals surface area contributed by atoms with Crippen molar-refractivity contribution < 1.29 is 9.53 Å². The van der Waals surface area contributed by atoms with Crippen molar-refractivity contribution in [3.63, 3.8) is 0 Å². The van der Waals surface area contributed by atoms with E-state index in [2.05, 4.69) is 11.3 Å². The minimum atomic E-state index is -0.276. The monoisotopic (exact) mass is 140 g/mol. The minimum Gasteiger partial charge on any atom is -0.466 e. The molecule has 0 aliphatic heterocycles. The smallest absolute Gasteiger partial charge is 0.333 e. The molecule has 0 aliphatic carbocycles. The van der Waals surface area contributed by atoms with Crippen molar-refractivity contribution in [2.75, 3.05) is 7.11 Å². The SMILES string of the molecule is C=CCC=C(C)C(=O)OC. The van der Waals surface area contributed by atoms with E-state index < -0.39 is 0 Å². The zero-order valence-corrected chi connectivity index (χ0v) is 6.39. The number of ether oxygens (including phenoxy) is 1. The molecule has 0 bridgehead atoms. The van der Waals surface area contributed by atoms with Gasteiger partial charge in [0.2, 0.25) is 0 Å². The largest absolute Gasteiger partial charge is 0.466 e. The molecule has 0 heterocycles. The van der Waals surface area contributed by atoms with E-state index in [-0.39, 0.29) is 5.97 Å². The van der Waals surface area contributed by atoms with Crippen molar-refractivity contribution in [1.82, 2.24) is 0 Å². The Morgan fingerprint density at radius 2 is 2.30 bits per heavy atom. The summed E-state index contributed by atoms with van der Waals surface area (Å²) in [6.07, 6.45) is 4.21. The predicted octanol–water partition coefficient (Wildman–Crippen LogP) is 1.68. The number of carbonyl (C=O) groups is 1. The maximum absolute atomic E-state index is 10.7. The summed E-state index contributed by atoms with van der Waals surface area (Å²) < 4.78 is 4.47. The molecule has 0 rings (SSSR count). The van der Waals surface area contributed by atoms with E-state index in [1.165, 1.54) is 7.11 Å². The number of hydrogen-bond acceptors (Lipinski definition) is 2. The molecular formula is C8H12O2. The number of methoxy groups -OCH3 is 1. The van der Waals surface area contributed by atoms with Crippen molar-refractivity contribution in [2.24, 2.45) is 0 Å². The van der Waals surface area contributed by atoms with E-state index in [0.29, 0.717) is 12.0 Å². The molecule has 2 heteroatoms. The predicted molar refractivity (Wildman–Crippen MR) is 40.6 cm³/mol. The van der Waals surface area contributed by atoms with E-state index in [0.717, 1.165) is 0 Å². The van der Waals surface area contributed by atoms with Gasteiger partial charge in [0.15, 0.2) is 0 Å². The first-order valence-corrected chi connectivity index (χ1v) is 3.08. The number of esters is 1. The topological polar surface area (TPSA) is 26.3 Å². The highest BCUT2D eigenvalue weighted by molar-refractivity contribution is 5.87. The molecule has 0 fully saturated rings. The fraction of sp³-hybridized carbons (Fsp3) is 0.375. The molecule has 0 N–H and O–H groups in total. The van der Waals surface area contributed by atoms with Crippen LogP contribution in [0.25, 0.3) is 0 Å². The summed E-state index contributed by atoms with van der Waals surface area (Å²) in [5.41, 5.74) is 0.627. The van der Waals surface area contributed by atoms with Gasteiger partial charge in [-0.25, -0.2) is 4.79 Å². The van der Waals surface area contributed by atoms with Crippen LogP contribution in [-0.4, -0.2) is 13.1 Å². The molecule has 0 aromatic carbocycles. The Labute approximate surface area is 61.2 Å². The van der Waals surface area contributed by atoms with Crippen LogP contribution in [0.15, 0.2) is 24.3 Å². The third-order valence-corrected chi connectivity index (χ3v) is 1.10. The Bertz CT molecular complexity index is 157. The van der Waals surface area contributed by atoms with Gasteiger partial charge in [0.25, 0.3) is 0 Å². The summed E-state index contributed by atoms with van der Waals surface area (Å²) in [5.74, 6) is -0.276. The number of hydrogen-bond donors (Lipinski definition) is 0. The van der Waals surface area contributed by atoms with Gasteiger partial charge >= 0.3 is 5.97 Å². The maximum atomic E-state index is 10.7. The lowest BCUT2D eigenvalue weighted by Gasteiger charge is -1.95. The molecule has 0 unspecified atom stereocenters. The van der Waals surface area contributed by atoms with Gasteiger partial charge in [-0.05, 0) is 13.3 Å². The highest BCUT2D eigenvalue weighted by atomic mass is 16.5. The van der Waals surface area contributed by atoms with Crippen molar-refractivity contribution in [3.8, 4) is 0 Å². The van der Waals surface area contributed by atoms with Gasteiger partial charge in [-0.2, -0.15) is 0 Å². The van der Waals surface area contributed by atoms with Crippen molar-refractivity contribution >= 4 is 5.97 Å². The first-order chi connectivity index (χ1) is 4.72. The molecule has 10 heavy (non-hydrogen) atoms. The van der Waals surface area contributed by atoms with Crippen LogP contribution in [0, 0.1) is 0 Å². The maximum Gasteiger partial charge on any atom is 0.333 e. The Balaban J connectivity index is 3.91. The molecule has 0 saturated carbocycles. The van der Waals surface area contributed by atoms with Gasteiger partial charge in [-0.3, -0.25) is 0 Å². The van der Waals surface area contributed by atoms with Gasteiger partial charge in [-0.15, -0.1) is 6.58 Å². The summed E-state index contributed by atoms with van der Waals surface area (Å²) in [6, 6.07) is 0. The lowest BCUT2D eigenvalue weighted by atomic mass is 10.2. The third-order valence-electron chi connectivity index (χ3n) is 1.10. The standard InChI is InChI=1S/C8H12O2/c1-4-5-6-7(2)8(9)10-3/h4,6H,1,5H2,2-3H3. The summed E-state index contributed by atoms with van der Waals surface area (Å²) in [6.45, 7) is 5.24. The van der Waals surface area contributed by atoms with E-state index in [4.69, 9.17) is 0 Å². The minimum absolute atomic E-state index is 0.276. The van der Waals surface area contributed by atoms with Crippen LogP contribution in [0.3, 0.4) is 0 Å². The van der Waals surface area contributed by atoms with E-state index >= 15 is 0 Å². The summed E-state index contributed by atoms with van der Waals surface area (Å²) in [5, 5.41) is 0. The van der Waals surface area contributed by atoms with Gasteiger partial charge in [0.1, 0.15) is 0 Å². The van der Waals surface area contributed by atoms with Gasteiger partial charge in [-0.1, -0.05) is 12.2 Å². The zero-order chi connectivity index (χ0) is 7.98. The normalized spacial score (nSPS) is 10.8. The first-order valence-electron chi connectivity index (χ1n) is 3.08. The van der Waals surface area contributed by atoms with Crippen molar-refractivity contribution in [2.45, 2.75) is 13.3 Å². The van der Waals surface area contributed by atoms with Gasteiger partial charge < -0.3 is 4.74 Å². The fourth-order valence-corrected chi connectivity index (χ4v) is 0.504. The fourth-order valence-electron chi connectivity index (χ4n) is 0.504. The second-order valence-electron chi connectivity index (χ2n) is 1.90. The average molecular weight is 140 g/mol. The number of rotatable bonds is 3. The van der Waals surface area contributed by atoms with Crippen LogP contribution in [0.4, 0.5) is 0 Å². The van der Waals surface area contributed by atoms with Crippen LogP contribution >= 0.6 is 0 Å². The van der Waals surface area contributed by atoms with Crippen molar-refractivity contribution in [3.05, 3.63) is 24.3 Å². The molecule has 56 valence electrons. The lowest BCUT2D eigenvalue weighted by Crippen LogP contribution is -2.00. The van der Waals surface area contributed by atoms with E-state index in [1.807, 2.05) is 0 Å². The second-order valence-corrected chi connectivity index (χ2v) is 1.90. The molecule has 0 spiro atoms. The third kappa shape index (κ3) is 3.07. The summed E-state index contributed by atoms with van der Waals surface area (Å²) >= 11 is 0. The van der Waals surface area contributed by atoms with Crippen LogP contribution in [0.2, 0.25) is 0 Å². The van der Waals surface area contributed by atoms with Crippen LogP contribution < -0.4 is 0 Å². The molecule has 0 aromatic rings. The molecule has 0 amide bonds. The summed E-state index contributed by atoms with van der Waals surface area (Å²) in [4.78, 5) is 10.7. The molecule has 0 saturated heterocycles. The Morgan fingerprint density at radius 1 is 1.70 bits per heavy atom. The Hall–Kier alpha value is -1.05. The summed E-state index contributed by atoms with van der Waals surface area (Å²) in [7, 11) is 1.37. The molecule has 0 atom stereocenters. The van der Waals surface area contributed by atoms with Crippen LogP contribution in [0.1, 0.15) is 13.3 Å². The highest BCUT2D eigenvalue weighted by Crippen LogP contribution is 1.97. The second kappa shape index (κ2) is 4.79. The van der Waals surface area contributed by atoms with E-state index in [1.54, 1.807) is 19.1 Å². The van der Waals surface area contributed by atoms with Crippen LogP contribution in [0.5, 0.6) is 0 Å². The molecular weight excluding hydrogens is 128 g/mol. The van der Waals surface area contributed by atoms with E-state index in [9.17, 15) is 4.79 Å². The average Bonchev–Trinajstić information content (AvgIpc) is 1.98. The molecule has 2 nitrogen and oxygen atoms in total. The number of allylic oxidation sites excluding steroid dienone is 2. The number of carbonyl (C=O) groups excluding carboxylic acids is 1. The zero-order valence-electron chi connectivity index (χ0n) is 6.39. The highest BCUT2D eigenvalue weighted by Gasteiger charge is 1.99. The van der Waals surface area contributed by atoms with Crippen LogP contribution in [-0.2, 0) is 9.53 Å². The quantitative estimate of drug-likeness (QED) is 0.338. The molecule has 0 radical (unpaired) electrons. The van der Waals surface area contributed by atoms with Gasteiger partial charge in [0, 0.05) is 5.57 Å². The molecule has 0 aliphatic rings. The Morgan fingerprint density at radius 3 is 2.70 bits per heavy atom. The van der Waals surface area contributed by atoms with Crippen molar-refractivity contribution in [1.29, 1.82) is 0 Å². The lowest BCUT2D eigenvalue weighted by molar-refractivity contribution is -0.136. The Kier molecular flexibility index (Phi) is 4.29.